The molecule has 26 heavy (non-hydrogen) atoms. The predicted molar refractivity (Wildman–Crippen MR) is 104 cm³/mol. The maximum atomic E-state index is 12.5. The van der Waals surface area contributed by atoms with Crippen LogP contribution in [0.3, 0.4) is 0 Å². The van der Waals surface area contributed by atoms with Crippen LogP contribution in [0.5, 0.6) is 0 Å². The van der Waals surface area contributed by atoms with Gasteiger partial charge in [-0.25, -0.2) is 9.78 Å². The molecule has 1 aromatic carbocycles. The summed E-state index contributed by atoms with van der Waals surface area (Å²) in [6, 6.07) is 8.32. The number of hydrogen-bond donors (Lipinski definition) is 1. The SMILES string of the molecule is CCOC(=O)c1sc2nc(Cc3ccc(C(C)C)cc3)[nH]c(=O)c2c1C. The minimum atomic E-state index is -0.404. The fourth-order valence-electron chi connectivity index (χ4n) is 2.88. The third-order valence-corrected chi connectivity index (χ3v) is 5.49. The van der Waals surface area contributed by atoms with E-state index in [9.17, 15) is 9.59 Å². The number of esters is 1. The Morgan fingerprint density at radius 2 is 1.96 bits per heavy atom. The normalized spacial score (nSPS) is 11.3. The highest BCUT2D eigenvalue weighted by molar-refractivity contribution is 7.20. The van der Waals surface area contributed by atoms with Gasteiger partial charge in [0.1, 0.15) is 15.5 Å². The number of thiophene rings is 1. The molecule has 0 spiro atoms. The minimum Gasteiger partial charge on any atom is -0.462 e. The number of carbonyl (C=O) groups excluding carboxylic acids is 1. The average Bonchev–Trinajstić information content (AvgIpc) is 2.93. The lowest BCUT2D eigenvalue weighted by Gasteiger charge is -2.06. The first-order valence-corrected chi connectivity index (χ1v) is 9.50. The molecule has 0 aliphatic rings. The second kappa shape index (κ2) is 7.41. The van der Waals surface area contributed by atoms with Gasteiger partial charge in [-0.15, -0.1) is 11.3 Å². The Hall–Kier alpha value is -2.47. The second-order valence-electron chi connectivity index (χ2n) is 6.54. The molecule has 0 saturated heterocycles. The van der Waals surface area contributed by atoms with E-state index in [1.807, 2.05) is 0 Å². The van der Waals surface area contributed by atoms with Gasteiger partial charge < -0.3 is 9.72 Å². The lowest BCUT2D eigenvalue weighted by Crippen LogP contribution is -2.12. The minimum absolute atomic E-state index is 0.215. The van der Waals surface area contributed by atoms with E-state index in [1.54, 1.807) is 13.8 Å². The first-order chi connectivity index (χ1) is 12.4. The highest BCUT2D eigenvalue weighted by Gasteiger charge is 2.20. The molecule has 0 aliphatic heterocycles. The number of nitrogens with one attached hydrogen (secondary N) is 1. The van der Waals surface area contributed by atoms with E-state index in [2.05, 4.69) is 48.1 Å². The number of aromatic amines is 1. The monoisotopic (exact) mass is 370 g/mol. The van der Waals surface area contributed by atoms with Gasteiger partial charge in [0.2, 0.25) is 0 Å². The third kappa shape index (κ3) is 3.55. The van der Waals surface area contributed by atoms with Crippen LogP contribution in [0.2, 0.25) is 0 Å². The van der Waals surface area contributed by atoms with E-state index >= 15 is 0 Å². The molecule has 0 fully saturated rings. The van der Waals surface area contributed by atoms with Gasteiger partial charge in [-0.05, 0) is 36.5 Å². The number of hydrogen-bond acceptors (Lipinski definition) is 5. The summed E-state index contributed by atoms with van der Waals surface area (Å²) < 4.78 is 5.07. The van der Waals surface area contributed by atoms with Gasteiger partial charge in [0.25, 0.3) is 5.56 Å². The van der Waals surface area contributed by atoms with Gasteiger partial charge >= 0.3 is 5.97 Å². The van der Waals surface area contributed by atoms with Gasteiger partial charge in [0, 0.05) is 6.42 Å². The Morgan fingerprint density at radius 3 is 2.58 bits per heavy atom. The largest absolute Gasteiger partial charge is 0.462 e. The lowest BCUT2D eigenvalue weighted by atomic mass is 10.0. The number of H-pyrrole nitrogens is 1. The molecule has 0 unspecified atom stereocenters. The highest BCUT2D eigenvalue weighted by atomic mass is 32.1. The summed E-state index contributed by atoms with van der Waals surface area (Å²) >= 11 is 1.21. The number of benzene rings is 1. The molecule has 0 radical (unpaired) electrons. The maximum Gasteiger partial charge on any atom is 0.348 e. The van der Waals surface area contributed by atoms with Crippen molar-refractivity contribution >= 4 is 27.5 Å². The van der Waals surface area contributed by atoms with Gasteiger partial charge in [0.05, 0.1) is 12.0 Å². The Labute approximate surface area is 156 Å². The molecule has 5 nitrogen and oxygen atoms in total. The molecule has 3 aromatic rings. The number of aryl methyl sites for hydroxylation is 1. The van der Waals surface area contributed by atoms with Crippen molar-refractivity contribution in [3.63, 3.8) is 0 Å². The van der Waals surface area contributed by atoms with Gasteiger partial charge in [0.15, 0.2) is 0 Å². The number of carbonyl (C=O) groups is 1. The summed E-state index contributed by atoms with van der Waals surface area (Å²) in [5.41, 5.74) is 2.77. The van der Waals surface area contributed by atoms with E-state index in [4.69, 9.17) is 4.74 Å². The van der Waals surface area contributed by atoms with Gasteiger partial charge in [-0.1, -0.05) is 38.1 Å². The molecule has 0 atom stereocenters. The zero-order chi connectivity index (χ0) is 18.8. The van der Waals surface area contributed by atoms with E-state index in [1.165, 1.54) is 16.9 Å². The molecule has 0 saturated carbocycles. The fourth-order valence-corrected chi connectivity index (χ4v) is 3.97. The van der Waals surface area contributed by atoms with Gasteiger partial charge in [-0.3, -0.25) is 4.79 Å². The topological polar surface area (TPSA) is 72.0 Å². The van der Waals surface area contributed by atoms with Crippen LogP contribution < -0.4 is 5.56 Å². The zero-order valence-electron chi connectivity index (χ0n) is 15.4. The zero-order valence-corrected chi connectivity index (χ0v) is 16.2. The number of rotatable bonds is 5. The van der Waals surface area contributed by atoms with Crippen LogP contribution in [0.4, 0.5) is 0 Å². The maximum absolute atomic E-state index is 12.5. The van der Waals surface area contributed by atoms with E-state index in [0.717, 1.165) is 5.56 Å². The number of fused-ring (bicyclic) bond motifs is 1. The summed E-state index contributed by atoms with van der Waals surface area (Å²) in [6.07, 6.45) is 0.537. The van der Waals surface area contributed by atoms with Crippen molar-refractivity contribution in [2.24, 2.45) is 0 Å². The van der Waals surface area contributed by atoms with Crippen LogP contribution in [-0.2, 0) is 11.2 Å². The highest BCUT2D eigenvalue weighted by Crippen LogP contribution is 2.28. The molecule has 136 valence electrons. The summed E-state index contributed by atoms with van der Waals surface area (Å²) in [4.78, 5) is 33.0. The van der Waals surface area contributed by atoms with Crippen LogP contribution in [0.1, 0.15) is 58.9 Å². The molecule has 2 aromatic heterocycles. The summed E-state index contributed by atoms with van der Waals surface area (Å²) in [5.74, 6) is 0.670. The first-order valence-electron chi connectivity index (χ1n) is 8.69. The molecular weight excluding hydrogens is 348 g/mol. The molecule has 0 amide bonds. The Morgan fingerprint density at radius 1 is 1.27 bits per heavy atom. The van der Waals surface area contributed by atoms with E-state index in [-0.39, 0.29) is 5.56 Å². The summed E-state index contributed by atoms with van der Waals surface area (Å²) in [7, 11) is 0. The van der Waals surface area contributed by atoms with Crippen molar-refractivity contribution < 1.29 is 9.53 Å². The molecule has 1 N–H and O–H groups in total. The van der Waals surface area contributed by atoms with Crippen molar-refractivity contribution in [1.82, 2.24) is 9.97 Å². The van der Waals surface area contributed by atoms with Crippen LogP contribution in [-0.4, -0.2) is 22.5 Å². The van der Waals surface area contributed by atoms with Crippen molar-refractivity contribution in [3.05, 3.63) is 62.0 Å². The second-order valence-corrected chi connectivity index (χ2v) is 7.54. The number of ether oxygens (including phenoxy) is 1. The first kappa shape index (κ1) is 18.3. The van der Waals surface area contributed by atoms with Crippen LogP contribution in [0.25, 0.3) is 10.2 Å². The quantitative estimate of drug-likeness (QED) is 0.684. The van der Waals surface area contributed by atoms with E-state index < -0.39 is 5.97 Å². The lowest BCUT2D eigenvalue weighted by molar-refractivity contribution is 0.0531. The fraction of sp³-hybridized carbons (Fsp3) is 0.350. The van der Waals surface area contributed by atoms with Crippen LogP contribution in [0, 0.1) is 6.92 Å². The molecule has 0 bridgehead atoms. The molecule has 3 rings (SSSR count). The summed E-state index contributed by atoms with van der Waals surface area (Å²) in [5, 5.41) is 0.469. The van der Waals surface area contributed by atoms with Crippen LogP contribution >= 0.6 is 11.3 Å². The smallest absolute Gasteiger partial charge is 0.348 e. The molecule has 0 aliphatic carbocycles. The van der Waals surface area contributed by atoms with Crippen molar-refractivity contribution in [2.75, 3.05) is 6.61 Å². The Kier molecular flexibility index (Phi) is 5.23. The van der Waals surface area contributed by atoms with Crippen LogP contribution in [0.15, 0.2) is 29.1 Å². The van der Waals surface area contributed by atoms with Crippen molar-refractivity contribution in [1.29, 1.82) is 0 Å². The third-order valence-electron chi connectivity index (χ3n) is 4.33. The Balaban J connectivity index is 1.95. The summed E-state index contributed by atoms with van der Waals surface area (Å²) in [6.45, 7) is 8.12. The predicted octanol–water partition coefficient (Wildman–Crippen LogP) is 4.18. The van der Waals surface area contributed by atoms with Crippen molar-refractivity contribution in [2.45, 2.75) is 40.0 Å². The van der Waals surface area contributed by atoms with E-state index in [0.29, 0.717) is 45.4 Å². The number of aromatic nitrogens is 2. The average molecular weight is 370 g/mol. The molecule has 2 heterocycles. The molecule has 6 heteroatoms. The number of nitrogens with zero attached hydrogens (tertiary/aromatic N) is 1. The Bertz CT molecular complexity index is 1000. The van der Waals surface area contributed by atoms with Crippen molar-refractivity contribution in [3.8, 4) is 0 Å². The molecular formula is C20H22N2O3S. The standard InChI is InChI=1S/C20H22N2O3S/c1-5-25-20(24)17-12(4)16-18(23)21-15(22-19(16)26-17)10-13-6-8-14(9-7-13)11(2)3/h6-9,11H,5,10H2,1-4H3,(H,21,22,23). The van der Waals surface area contributed by atoms with Gasteiger partial charge in [-0.2, -0.15) is 0 Å².